The first kappa shape index (κ1) is 16.2. The Labute approximate surface area is 106 Å². The average molecular weight is 260 g/mol. The molecule has 7 heteroatoms. The highest BCUT2D eigenvalue weighted by Crippen LogP contribution is 1.96. The molecule has 0 unspecified atom stereocenters. The standard InChI is InChI=1S/C11H20N2O5/c1-4-6-13(7-9(14)18-5-2)11(17)12-8(3)10(15)16/h8H,4-7H2,1-3H3,(H,12,17)(H,15,16)/t8-/m1/s1. The van der Waals surface area contributed by atoms with Crippen LogP contribution in [0, 0.1) is 0 Å². The molecule has 0 radical (unpaired) electrons. The van der Waals surface area contributed by atoms with Crippen LogP contribution in [0.3, 0.4) is 0 Å². The second kappa shape index (κ2) is 8.32. The molecule has 0 aromatic heterocycles. The molecule has 0 saturated carbocycles. The van der Waals surface area contributed by atoms with Crippen LogP contribution < -0.4 is 5.32 Å². The molecule has 0 aromatic carbocycles. The Hall–Kier alpha value is -1.79. The molecule has 1 atom stereocenters. The fourth-order valence-electron chi connectivity index (χ4n) is 1.22. The molecule has 0 aliphatic carbocycles. The monoisotopic (exact) mass is 260 g/mol. The van der Waals surface area contributed by atoms with Gasteiger partial charge in [-0.1, -0.05) is 6.92 Å². The molecule has 0 rings (SSSR count). The van der Waals surface area contributed by atoms with Crippen LogP contribution in [0.1, 0.15) is 27.2 Å². The van der Waals surface area contributed by atoms with Gasteiger partial charge >= 0.3 is 18.0 Å². The lowest BCUT2D eigenvalue weighted by atomic mass is 10.3. The fourth-order valence-corrected chi connectivity index (χ4v) is 1.22. The second-order valence-corrected chi connectivity index (χ2v) is 3.74. The van der Waals surface area contributed by atoms with E-state index in [-0.39, 0.29) is 13.2 Å². The van der Waals surface area contributed by atoms with Gasteiger partial charge in [0.05, 0.1) is 6.61 Å². The van der Waals surface area contributed by atoms with Gasteiger partial charge in [0.2, 0.25) is 0 Å². The van der Waals surface area contributed by atoms with Gasteiger partial charge in [-0.05, 0) is 20.3 Å². The number of hydrogen-bond donors (Lipinski definition) is 2. The predicted octanol–water partition coefficient (Wildman–Crippen LogP) is 0.444. The molecular formula is C11H20N2O5. The first-order valence-corrected chi connectivity index (χ1v) is 5.86. The first-order chi connectivity index (χ1) is 8.42. The maximum Gasteiger partial charge on any atom is 0.325 e. The molecule has 0 fully saturated rings. The lowest BCUT2D eigenvalue weighted by Gasteiger charge is -2.22. The van der Waals surface area contributed by atoms with Crippen molar-refractivity contribution in [1.29, 1.82) is 0 Å². The minimum atomic E-state index is -1.13. The van der Waals surface area contributed by atoms with E-state index in [0.717, 1.165) is 0 Å². The van der Waals surface area contributed by atoms with Crippen LogP contribution in [0.25, 0.3) is 0 Å². The Morgan fingerprint density at radius 3 is 2.39 bits per heavy atom. The number of esters is 1. The third-order valence-corrected chi connectivity index (χ3v) is 2.12. The third kappa shape index (κ3) is 6.07. The number of ether oxygens (including phenoxy) is 1. The van der Waals surface area contributed by atoms with Crippen molar-refractivity contribution in [3.05, 3.63) is 0 Å². The van der Waals surface area contributed by atoms with E-state index in [4.69, 9.17) is 9.84 Å². The summed E-state index contributed by atoms with van der Waals surface area (Å²) in [6, 6.07) is -1.58. The number of carbonyl (C=O) groups excluding carboxylic acids is 2. The van der Waals surface area contributed by atoms with Gasteiger partial charge in [-0.15, -0.1) is 0 Å². The van der Waals surface area contributed by atoms with E-state index >= 15 is 0 Å². The highest BCUT2D eigenvalue weighted by atomic mass is 16.5. The molecule has 0 aliphatic rings. The maximum atomic E-state index is 11.7. The van der Waals surface area contributed by atoms with E-state index in [9.17, 15) is 14.4 Å². The summed E-state index contributed by atoms with van der Waals surface area (Å²) in [6.45, 7) is 5.30. The van der Waals surface area contributed by atoms with Gasteiger partial charge in [0.1, 0.15) is 12.6 Å². The van der Waals surface area contributed by atoms with Gasteiger partial charge < -0.3 is 20.1 Å². The molecule has 0 aromatic rings. The van der Waals surface area contributed by atoms with E-state index in [1.807, 2.05) is 6.92 Å². The summed E-state index contributed by atoms with van der Waals surface area (Å²) in [4.78, 5) is 34.9. The molecule has 7 nitrogen and oxygen atoms in total. The molecule has 0 saturated heterocycles. The number of urea groups is 1. The van der Waals surface area contributed by atoms with E-state index in [1.54, 1.807) is 6.92 Å². The number of rotatable bonds is 7. The SMILES string of the molecule is CCCN(CC(=O)OCC)C(=O)N[C@H](C)C(=O)O. The Balaban J connectivity index is 4.44. The van der Waals surface area contributed by atoms with Crippen molar-refractivity contribution in [2.45, 2.75) is 33.2 Å². The van der Waals surface area contributed by atoms with Gasteiger partial charge in [-0.2, -0.15) is 0 Å². The van der Waals surface area contributed by atoms with E-state index in [0.29, 0.717) is 13.0 Å². The van der Waals surface area contributed by atoms with Crippen LogP contribution in [-0.2, 0) is 14.3 Å². The molecule has 0 spiro atoms. The molecule has 0 heterocycles. The quantitative estimate of drug-likeness (QED) is 0.648. The van der Waals surface area contributed by atoms with Crippen molar-refractivity contribution in [2.24, 2.45) is 0 Å². The maximum absolute atomic E-state index is 11.7. The molecule has 0 bridgehead atoms. The van der Waals surface area contributed by atoms with Crippen molar-refractivity contribution in [3.63, 3.8) is 0 Å². The third-order valence-electron chi connectivity index (χ3n) is 2.12. The second-order valence-electron chi connectivity index (χ2n) is 3.74. The van der Waals surface area contributed by atoms with Gasteiger partial charge in [-0.25, -0.2) is 4.79 Å². The summed E-state index contributed by atoms with van der Waals surface area (Å²) < 4.78 is 4.74. The molecule has 18 heavy (non-hydrogen) atoms. The molecule has 104 valence electrons. The minimum absolute atomic E-state index is 0.181. The number of amides is 2. The average Bonchev–Trinajstić information content (AvgIpc) is 2.28. The highest BCUT2D eigenvalue weighted by Gasteiger charge is 2.21. The number of carboxylic acids is 1. The number of carbonyl (C=O) groups is 3. The first-order valence-electron chi connectivity index (χ1n) is 5.86. The van der Waals surface area contributed by atoms with Crippen molar-refractivity contribution >= 4 is 18.0 Å². The Kier molecular flexibility index (Phi) is 7.50. The van der Waals surface area contributed by atoms with Gasteiger partial charge in [0.25, 0.3) is 0 Å². The number of hydrogen-bond acceptors (Lipinski definition) is 4. The van der Waals surface area contributed by atoms with Crippen molar-refractivity contribution in [2.75, 3.05) is 19.7 Å². The van der Waals surface area contributed by atoms with E-state index < -0.39 is 24.0 Å². The van der Waals surface area contributed by atoms with Crippen molar-refractivity contribution in [3.8, 4) is 0 Å². The van der Waals surface area contributed by atoms with Crippen LogP contribution in [0.15, 0.2) is 0 Å². The van der Waals surface area contributed by atoms with Crippen LogP contribution in [0.4, 0.5) is 4.79 Å². The van der Waals surface area contributed by atoms with Crippen LogP contribution in [-0.4, -0.2) is 53.7 Å². The number of nitrogens with one attached hydrogen (secondary N) is 1. The summed E-state index contributed by atoms with van der Waals surface area (Å²) in [5.41, 5.74) is 0. The smallest absolute Gasteiger partial charge is 0.325 e. The highest BCUT2D eigenvalue weighted by molar-refractivity contribution is 5.84. The Morgan fingerprint density at radius 1 is 1.33 bits per heavy atom. The van der Waals surface area contributed by atoms with Crippen molar-refractivity contribution < 1.29 is 24.2 Å². The molecule has 0 aliphatic heterocycles. The predicted molar refractivity (Wildman–Crippen MR) is 64.1 cm³/mol. The van der Waals surface area contributed by atoms with Crippen LogP contribution in [0.5, 0.6) is 0 Å². The normalized spacial score (nSPS) is 11.5. The van der Waals surface area contributed by atoms with Gasteiger partial charge in [-0.3, -0.25) is 9.59 Å². The zero-order chi connectivity index (χ0) is 14.1. The van der Waals surface area contributed by atoms with Crippen LogP contribution >= 0.6 is 0 Å². The zero-order valence-corrected chi connectivity index (χ0v) is 10.9. The van der Waals surface area contributed by atoms with Gasteiger partial charge in [0.15, 0.2) is 0 Å². The van der Waals surface area contributed by atoms with Gasteiger partial charge in [0, 0.05) is 6.54 Å². The lowest BCUT2D eigenvalue weighted by molar-refractivity contribution is -0.143. The topological polar surface area (TPSA) is 95.9 Å². The summed E-state index contributed by atoms with van der Waals surface area (Å²) in [5, 5.41) is 11.0. The van der Waals surface area contributed by atoms with Crippen LogP contribution in [0.2, 0.25) is 0 Å². The largest absolute Gasteiger partial charge is 0.480 e. The Bertz CT molecular complexity index is 306. The summed E-state index contributed by atoms with van der Waals surface area (Å²) in [7, 11) is 0. The summed E-state index contributed by atoms with van der Waals surface area (Å²) in [5.74, 6) is -1.64. The van der Waals surface area contributed by atoms with E-state index in [1.165, 1.54) is 11.8 Å². The fraction of sp³-hybridized carbons (Fsp3) is 0.727. The minimum Gasteiger partial charge on any atom is -0.480 e. The summed E-state index contributed by atoms with van der Waals surface area (Å²) >= 11 is 0. The molecule has 2 N–H and O–H groups in total. The zero-order valence-electron chi connectivity index (χ0n) is 10.9. The van der Waals surface area contributed by atoms with Crippen molar-refractivity contribution in [1.82, 2.24) is 10.2 Å². The lowest BCUT2D eigenvalue weighted by Crippen LogP contribution is -2.48. The number of aliphatic carboxylic acids is 1. The summed E-state index contributed by atoms with van der Waals surface area (Å²) in [6.07, 6.45) is 0.661. The molecule has 2 amide bonds. The molecular weight excluding hydrogens is 240 g/mol. The van der Waals surface area contributed by atoms with E-state index in [2.05, 4.69) is 5.32 Å². The number of nitrogens with zero attached hydrogens (tertiary/aromatic N) is 1. The Morgan fingerprint density at radius 2 is 1.94 bits per heavy atom. The number of carboxylic acid groups (broad SMARTS) is 1.